The molecule has 2 aromatic rings. The average molecular weight is 603 g/mol. The molecule has 4 atom stereocenters. The molecule has 0 radical (unpaired) electrons. The van der Waals surface area contributed by atoms with Gasteiger partial charge >= 0.3 is 12.1 Å². The van der Waals surface area contributed by atoms with Gasteiger partial charge in [0, 0.05) is 12.1 Å². The van der Waals surface area contributed by atoms with Crippen molar-refractivity contribution in [1.82, 2.24) is 15.5 Å². The number of alkyl carbamates (subject to hydrolysis) is 1. The number of hydrogen-bond donors (Lipinski definition) is 2. The summed E-state index contributed by atoms with van der Waals surface area (Å²) in [6, 6.07) is 10.6. The van der Waals surface area contributed by atoms with Crippen LogP contribution >= 0.6 is 23.4 Å². The molecular weight excluding hydrogens is 576 g/mol. The van der Waals surface area contributed by atoms with E-state index in [1.54, 1.807) is 51.1 Å². The maximum atomic E-state index is 13.3. The number of halogens is 1. The summed E-state index contributed by atoms with van der Waals surface area (Å²) in [6.45, 7) is 4.89. The highest BCUT2D eigenvalue weighted by Crippen LogP contribution is 2.41. The molecule has 1 saturated heterocycles. The Morgan fingerprint density at radius 3 is 2.39 bits per heavy atom. The van der Waals surface area contributed by atoms with Gasteiger partial charge in [-0.05, 0) is 49.4 Å². The molecule has 1 unspecified atom stereocenters. The fourth-order valence-corrected chi connectivity index (χ4v) is 5.60. The molecule has 0 bridgehead atoms. The Morgan fingerprint density at radius 1 is 1.12 bits per heavy atom. The van der Waals surface area contributed by atoms with Crippen molar-refractivity contribution >= 4 is 52.9 Å². The van der Waals surface area contributed by atoms with Gasteiger partial charge in [0.15, 0.2) is 6.04 Å². The lowest BCUT2D eigenvalue weighted by Gasteiger charge is -2.51. The van der Waals surface area contributed by atoms with Crippen LogP contribution in [0.1, 0.15) is 37.9 Å². The van der Waals surface area contributed by atoms with E-state index in [0.717, 1.165) is 11.8 Å². The molecule has 2 aromatic carbocycles. The predicted octanol–water partition coefficient (Wildman–Crippen LogP) is 3.75. The summed E-state index contributed by atoms with van der Waals surface area (Å²) in [6.07, 6.45) is -0.805. The van der Waals surface area contributed by atoms with Gasteiger partial charge in [0.1, 0.15) is 29.7 Å². The Hall–Kier alpha value is -4.10. The number of esters is 1. The molecule has 41 heavy (non-hydrogen) atoms. The number of nitro groups is 1. The van der Waals surface area contributed by atoms with E-state index in [0.29, 0.717) is 11.1 Å². The molecule has 2 aliphatic rings. The zero-order valence-corrected chi connectivity index (χ0v) is 23.8. The van der Waals surface area contributed by atoms with Crippen molar-refractivity contribution in [2.24, 2.45) is 0 Å². The summed E-state index contributed by atoms with van der Waals surface area (Å²) in [5, 5.41) is 17.0. The minimum atomic E-state index is -1.22. The number of thioether (sulfide) groups is 1. The third-order valence-electron chi connectivity index (χ3n) is 6.04. The zero-order chi connectivity index (χ0) is 29.9. The van der Waals surface area contributed by atoms with Gasteiger partial charge < -0.3 is 25.0 Å². The highest BCUT2D eigenvalue weighted by Gasteiger charge is 2.56. The predicted molar refractivity (Wildman–Crippen MR) is 149 cm³/mol. The zero-order valence-electron chi connectivity index (χ0n) is 22.2. The molecule has 12 nitrogen and oxygen atoms in total. The molecule has 0 saturated carbocycles. The van der Waals surface area contributed by atoms with Crippen molar-refractivity contribution in [2.45, 2.75) is 56.5 Å². The summed E-state index contributed by atoms with van der Waals surface area (Å²) < 4.78 is 10.7. The first-order valence-electron chi connectivity index (χ1n) is 12.4. The lowest BCUT2D eigenvalue weighted by molar-refractivity contribution is -0.384. The number of nitrogens with zero attached hydrogens (tertiary/aromatic N) is 2. The van der Waals surface area contributed by atoms with Crippen LogP contribution in [-0.4, -0.2) is 56.8 Å². The third-order valence-corrected chi connectivity index (χ3v) is 7.66. The molecule has 2 aliphatic heterocycles. The van der Waals surface area contributed by atoms with Crippen LogP contribution in [0.4, 0.5) is 10.5 Å². The van der Waals surface area contributed by atoms with Crippen molar-refractivity contribution in [3.05, 3.63) is 86.3 Å². The summed E-state index contributed by atoms with van der Waals surface area (Å²) in [7, 11) is 0. The first kappa shape index (κ1) is 29.9. The fraction of sp³-hybridized carbons (Fsp3) is 0.333. The molecule has 2 heterocycles. The Kier molecular flexibility index (Phi) is 8.88. The van der Waals surface area contributed by atoms with Crippen molar-refractivity contribution in [2.75, 3.05) is 0 Å². The van der Waals surface area contributed by atoms with Crippen molar-refractivity contribution in [3.63, 3.8) is 0 Å². The molecule has 14 heteroatoms. The van der Waals surface area contributed by atoms with Crippen LogP contribution in [0.5, 0.6) is 0 Å². The molecule has 216 valence electrons. The van der Waals surface area contributed by atoms with Crippen LogP contribution < -0.4 is 10.6 Å². The van der Waals surface area contributed by atoms with E-state index < -0.39 is 57.9 Å². The number of carbonyl (C=O) groups is 4. The lowest BCUT2D eigenvalue weighted by atomic mass is 10.0. The molecule has 1 fully saturated rings. The summed E-state index contributed by atoms with van der Waals surface area (Å²) in [5.41, 5.74) is 0.0913. The molecule has 3 amide bonds. The number of nitrogens with one attached hydrogen (secondary N) is 2. The van der Waals surface area contributed by atoms with E-state index in [1.807, 2.05) is 0 Å². The summed E-state index contributed by atoms with van der Waals surface area (Å²) in [5.74, 6) is -1.98. The highest BCUT2D eigenvalue weighted by molar-refractivity contribution is 8.03. The molecule has 0 aromatic heterocycles. The largest absolute Gasteiger partial charge is 0.459 e. The van der Waals surface area contributed by atoms with Crippen LogP contribution in [0.15, 0.2) is 65.0 Å². The van der Waals surface area contributed by atoms with Crippen LogP contribution in [0.2, 0.25) is 0 Å². The summed E-state index contributed by atoms with van der Waals surface area (Å²) in [4.78, 5) is 63.4. The van der Waals surface area contributed by atoms with Gasteiger partial charge in [0.2, 0.25) is 11.8 Å². The number of non-ortho nitro benzene ring substituents is 1. The Bertz CT molecular complexity index is 1380. The number of hydrogen-bond acceptors (Lipinski definition) is 9. The lowest BCUT2D eigenvalue weighted by Crippen LogP contribution is -2.74. The second-order valence-electron chi connectivity index (χ2n) is 10.2. The van der Waals surface area contributed by atoms with Gasteiger partial charge in [-0.25, -0.2) is 9.59 Å². The fourth-order valence-electron chi connectivity index (χ4n) is 4.15. The monoisotopic (exact) mass is 602 g/mol. The SMILES string of the molecule is CC(C)(C)OC(=O)N[C@@H](C(=O)N[C@@H]1C(=O)N2C(C(=O)OCc3ccc([N+](=O)[O-])cc3)C(Cl)=CS[C@H]12)c1ccccc1. The first-order valence-corrected chi connectivity index (χ1v) is 13.8. The Balaban J connectivity index is 1.43. The van der Waals surface area contributed by atoms with E-state index in [-0.39, 0.29) is 17.3 Å². The number of β-lactam (4-membered cyclic amide) rings is 1. The smallest absolute Gasteiger partial charge is 0.408 e. The quantitative estimate of drug-likeness (QED) is 0.199. The Morgan fingerprint density at radius 2 is 1.78 bits per heavy atom. The van der Waals surface area contributed by atoms with E-state index in [9.17, 15) is 29.3 Å². The third kappa shape index (κ3) is 6.98. The number of amides is 3. The molecule has 0 aliphatic carbocycles. The number of fused-ring (bicyclic) bond motifs is 1. The molecule has 0 spiro atoms. The number of nitro benzene ring substituents is 1. The van der Waals surface area contributed by atoms with Crippen molar-refractivity contribution in [3.8, 4) is 0 Å². The van der Waals surface area contributed by atoms with Gasteiger partial charge in [0.25, 0.3) is 5.69 Å². The van der Waals surface area contributed by atoms with Crippen LogP contribution in [0.25, 0.3) is 0 Å². The van der Waals surface area contributed by atoms with E-state index in [1.165, 1.54) is 34.6 Å². The van der Waals surface area contributed by atoms with E-state index >= 15 is 0 Å². The summed E-state index contributed by atoms with van der Waals surface area (Å²) >= 11 is 7.45. The molecular formula is C27H27ClN4O8S. The molecule has 4 rings (SSSR count). The number of ether oxygens (including phenoxy) is 2. The average Bonchev–Trinajstić information content (AvgIpc) is 2.92. The van der Waals surface area contributed by atoms with Gasteiger partial charge in [-0.2, -0.15) is 0 Å². The van der Waals surface area contributed by atoms with Crippen molar-refractivity contribution in [1.29, 1.82) is 0 Å². The van der Waals surface area contributed by atoms with Gasteiger partial charge in [-0.1, -0.05) is 41.9 Å². The minimum absolute atomic E-state index is 0.0758. The van der Waals surface area contributed by atoms with E-state index in [2.05, 4.69) is 10.6 Å². The van der Waals surface area contributed by atoms with Crippen molar-refractivity contribution < 1.29 is 33.6 Å². The van der Waals surface area contributed by atoms with Crippen LogP contribution in [-0.2, 0) is 30.5 Å². The number of carbonyl (C=O) groups excluding carboxylic acids is 4. The van der Waals surface area contributed by atoms with Gasteiger partial charge in [-0.15, -0.1) is 11.8 Å². The number of benzene rings is 2. The molecule has 2 N–H and O–H groups in total. The highest BCUT2D eigenvalue weighted by atomic mass is 35.5. The minimum Gasteiger partial charge on any atom is -0.459 e. The van der Waals surface area contributed by atoms with Crippen LogP contribution in [0.3, 0.4) is 0 Å². The maximum absolute atomic E-state index is 13.3. The first-order chi connectivity index (χ1) is 19.4. The topological polar surface area (TPSA) is 157 Å². The van der Waals surface area contributed by atoms with Crippen LogP contribution in [0, 0.1) is 10.1 Å². The van der Waals surface area contributed by atoms with Gasteiger partial charge in [0.05, 0.1) is 9.96 Å². The van der Waals surface area contributed by atoms with Gasteiger partial charge in [-0.3, -0.25) is 19.7 Å². The second kappa shape index (κ2) is 12.2. The Labute approximate surface area is 244 Å². The normalized spacial score (nSPS) is 20.5. The number of rotatable bonds is 8. The van der Waals surface area contributed by atoms with E-state index in [4.69, 9.17) is 21.1 Å². The standard InChI is InChI=1S/C27H27ClN4O8S/c1-27(2,3)40-26(36)30-19(16-7-5-4-6-8-16)22(33)29-20-23(34)31-21(18(28)14-41-24(20)31)25(35)39-13-15-9-11-17(12-10-15)32(37)38/h4-12,14,19-21,24H,13H2,1-3H3,(H,29,33)(H,30,36)/t19-,20-,21?,24-/m1/s1. The second-order valence-corrected chi connectivity index (χ2v) is 11.6. The maximum Gasteiger partial charge on any atom is 0.408 e.